The van der Waals surface area contributed by atoms with E-state index in [-0.39, 0.29) is 0 Å². The van der Waals surface area contributed by atoms with Crippen molar-refractivity contribution in [1.82, 2.24) is 5.32 Å². The average molecular weight is 199 g/mol. The minimum Gasteiger partial charge on any atom is -0.496 e. The summed E-state index contributed by atoms with van der Waals surface area (Å²) >= 11 is 1.74. The second-order valence-corrected chi connectivity index (χ2v) is 4.10. The van der Waals surface area contributed by atoms with E-state index in [2.05, 4.69) is 24.5 Å². The third-order valence-corrected chi connectivity index (χ3v) is 3.05. The minimum absolute atomic E-state index is 0.576. The van der Waals surface area contributed by atoms with Gasteiger partial charge in [-0.1, -0.05) is 6.92 Å². The topological polar surface area (TPSA) is 21.3 Å². The van der Waals surface area contributed by atoms with Gasteiger partial charge in [-0.2, -0.15) is 0 Å². The van der Waals surface area contributed by atoms with Crippen LogP contribution in [0, 0.1) is 0 Å². The number of ether oxygens (including phenoxy) is 1. The molecule has 1 aromatic rings. The van der Waals surface area contributed by atoms with Crippen molar-refractivity contribution in [3.05, 3.63) is 16.3 Å². The fourth-order valence-electron chi connectivity index (χ4n) is 1.05. The monoisotopic (exact) mass is 199 g/mol. The maximum Gasteiger partial charge on any atom is 0.134 e. The molecule has 0 spiro atoms. The van der Waals surface area contributed by atoms with Gasteiger partial charge in [-0.15, -0.1) is 11.3 Å². The van der Waals surface area contributed by atoms with Gasteiger partial charge in [-0.3, -0.25) is 0 Å². The zero-order chi connectivity index (χ0) is 9.68. The number of nitrogens with one attached hydrogen (secondary N) is 1. The lowest BCUT2D eigenvalue weighted by atomic mass is 10.2. The molecule has 0 bridgehead atoms. The number of hydrogen-bond donors (Lipinski definition) is 1. The molecular weight excluding hydrogens is 182 g/mol. The standard InChI is InChI=1S/C10H17NOS/c1-4-8(2)11-7-10-9(12-3)5-6-13-10/h5-6,8,11H,4,7H2,1-3H3. The van der Waals surface area contributed by atoms with Crippen LogP contribution in [-0.4, -0.2) is 13.2 Å². The summed E-state index contributed by atoms with van der Waals surface area (Å²) in [6.45, 7) is 5.29. The van der Waals surface area contributed by atoms with Crippen LogP contribution in [0.25, 0.3) is 0 Å². The van der Waals surface area contributed by atoms with Gasteiger partial charge in [0.05, 0.1) is 12.0 Å². The average Bonchev–Trinajstić information content (AvgIpc) is 2.61. The normalized spacial score (nSPS) is 12.8. The van der Waals surface area contributed by atoms with Gasteiger partial charge < -0.3 is 10.1 Å². The van der Waals surface area contributed by atoms with Crippen LogP contribution in [0.15, 0.2) is 11.4 Å². The molecule has 0 aliphatic rings. The molecule has 2 nitrogen and oxygen atoms in total. The van der Waals surface area contributed by atoms with Crippen molar-refractivity contribution in [1.29, 1.82) is 0 Å². The molecule has 0 radical (unpaired) electrons. The van der Waals surface area contributed by atoms with Gasteiger partial charge in [-0.25, -0.2) is 0 Å². The highest BCUT2D eigenvalue weighted by Crippen LogP contribution is 2.23. The summed E-state index contributed by atoms with van der Waals surface area (Å²) in [6, 6.07) is 2.59. The summed E-state index contributed by atoms with van der Waals surface area (Å²) in [7, 11) is 1.72. The molecule has 0 aliphatic carbocycles. The second kappa shape index (κ2) is 5.25. The van der Waals surface area contributed by atoms with Crippen LogP contribution < -0.4 is 10.1 Å². The van der Waals surface area contributed by atoms with E-state index in [0.717, 1.165) is 18.7 Å². The molecule has 1 unspecified atom stereocenters. The number of thiophene rings is 1. The zero-order valence-electron chi connectivity index (χ0n) is 8.46. The maximum atomic E-state index is 5.22. The smallest absolute Gasteiger partial charge is 0.134 e. The fourth-order valence-corrected chi connectivity index (χ4v) is 1.84. The molecule has 1 rings (SSSR count). The van der Waals surface area contributed by atoms with Crippen molar-refractivity contribution >= 4 is 11.3 Å². The Morgan fingerprint density at radius 1 is 1.62 bits per heavy atom. The van der Waals surface area contributed by atoms with Crippen molar-refractivity contribution < 1.29 is 4.74 Å². The lowest BCUT2D eigenvalue weighted by Gasteiger charge is -2.10. The summed E-state index contributed by atoms with van der Waals surface area (Å²) in [6.07, 6.45) is 1.16. The van der Waals surface area contributed by atoms with Crippen molar-refractivity contribution in [3.8, 4) is 5.75 Å². The van der Waals surface area contributed by atoms with E-state index in [1.165, 1.54) is 4.88 Å². The SMILES string of the molecule is CCC(C)NCc1sccc1OC. The molecule has 0 fully saturated rings. The molecule has 1 aromatic heterocycles. The molecule has 1 atom stereocenters. The van der Waals surface area contributed by atoms with Crippen LogP contribution in [-0.2, 0) is 6.54 Å². The van der Waals surface area contributed by atoms with Crippen molar-refractivity contribution in [2.24, 2.45) is 0 Å². The maximum absolute atomic E-state index is 5.22. The number of rotatable bonds is 5. The highest BCUT2D eigenvalue weighted by atomic mass is 32.1. The van der Waals surface area contributed by atoms with Crippen LogP contribution in [0.5, 0.6) is 5.75 Å². The molecule has 0 aliphatic heterocycles. The first-order valence-electron chi connectivity index (χ1n) is 4.61. The van der Waals surface area contributed by atoms with E-state index in [1.807, 2.05) is 6.07 Å². The van der Waals surface area contributed by atoms with E-state index >= 15 is 0 Å². The summed E-state index contributed by atoms with van der Waals surface area (Å²) in [5.41, 5.74) is 0. The summed E-state index contributed by atoms with van der Waals surface area (Å²) in [4.78, 5) is 1.28. The van der Waals surface area contributed by atoms with E-state index in [4.69, 9.17) is 4.74 Å². The van der Waals surface area contributed by atoms with Gasteiger partial charge in [0.1, 0.15) is 5.75 Å². The lowest BCUT2D eigenvalue weighted by molar-refractivity contribution is 0.408. The minimum atomic E-state index is 0.576. The lowest BCUT2D eigenvalue weighted by Crippen LogP contribution is -2.24. The van der Waals surface area contributed by atoms with E-state index in [0.29, 0.717) is 6.04 Å². The van der Waals surface area contributed by atoms with Gasteiger partial charge in [0.2, 0.25) is 0 Å². The summed E-state index contributed by atoms with van der Waals surface area (Å²) in [5, 5.41) is 5.50. The Hall–Kier alpha value is -0.540. The first-order chi connectivity index (χ1) is 6.27. The Morgan fingerprint density at radius 3 is 3.00 bits per heavy atom. The molecule has 3 heteroatoms. The van der Waals surface area contributed by atoms with Crippen LogP contribution in [0.3, 0.4) is 0 Å². The van der Waals surface area contributed by atoms with Crippen LogP contribution in [0.1, 0.15) is 25.1 Å². The van der Waals surface area contributed by atoms with Crippen molar-refractivity contribution in [3.63, 3.8) is 0 Å². The second-order valence-electron chi connectivity index (χ2n) is 3.10. The van der Waals surface area contributed by atoms with Gasteiger partial charge >= 0.3 is 0 Å². The summed E-state index contributed by atoms with van der Waals surface area (Å²) < 4.78 is 5.22. The van der Waals surface area contributed by atoms with Crippen LogP contribution >= 0.6 is 11.3 Å². The van der Waals surface area contributed by atoms with E-state index in [1.54, 1.807) is 18.4 Å². The Morgan fingerprint density at radius 2 is 2.38 bits per heavy atom. The largest absolute Gasteiger partial charge is 0.496 e. The van der Waals surface area contributed by atoms with E-state index in [9.17, 15) is 0 Å². The fraction of sp³-hybridized carbons (Fsp3) is 0.600. The van der Waals surface area contributed by atoms with Crippen molar-refractivity contribution in [2.75, 3.05) is 7.11 Å². The highest BCUT2D eigenvalue weighted by molar-refractivity contribution is 7.10. The highest BCUT2D eigenvalue weighted by Gasteiger charge is 2.04. The molecule has 74 valence electrons. The van der Waals surface area contributed by atoms with E-state index < -0.39 is 0 Å². The number of methoxy groups -OCH3 is 1. The predicted octanol–water partition coefficient (Wildman–Crippen LogP) is 2.64. The van der Waals surface area contributed by atoms with Gasteiger partial charge in [0.25, 0.3) is 0 Å². The van der Waals surface area contributed by atoms with Crippen LogP contribution in [0.2, 0.25) is 0 Å². The molecule has 0 amide bonds. The predicted molar refractivity (Wildman–Crippen MR) is 57.5 cm³/mol. The third kappa shape index (κ3) is 3.01. The Kier molecular flexibility index (Phi) is 4.25. The Balaban J connectivity index is 2.44. The van der Waals surface area contributed by atoms with Crippen molar-refractivity contribution in [2.45, 2.75) is 32.9 Å². The third-order valence-electron chi connectivity index (χ3n) is 2.15. The van der Waals surface area contributed by atoms with Gasteiger partial charge in [0.15, 0.2) is 0 Å². The molecule has 0 saturated heterocycles. The molecule has 1 N–H and O–H groups in total. The van der Waals surface area contributed by atoms with Gasteiger partial charge in [0, 0.05) is 12.6 Å². The molecule has 0 saturated carbocycles. The zero-order valence-corrected chi connectivity index (χ0v) is 9.28. The molecule has 0 aromatic carbocycles. The summed E-state index contributed by atoms with van der Waals surface area (Å²) in [5.74, 6) is 1.00. The molecular formula is C10H17NOS. The Bertz CT molecular complexity index is 247. The van der Waals surface area contributed by atoms with Crippen LogP contribution in [0.4, 0.5) is 0 Å². The molecule has 13 heavy (non-hydrogen) atoms. The Labute approximate surface area is 83.9 Å². The quantitative estimate of drug-likeness (QED) is 0.787. The number of hydrogen-bond acceptors (Lipinski definition) is 3. The first kappa shape index (κ1) is 10.5. The molecule has 1 heterocycles. The first-order valence-corrected chi connectivity index (χ1v) is 5.49. The van der Waals surface area contributed by atoms with Gasteiger partial charge in [-0.05, 0) is 24.8 Å².